The molecule has 1 aliphatic rings. The van der Waals surface area contributed by atoms with Crippen LogP contribution >= 0.6 is 0 Å². The highest BCUT2D eigenvalue weighted by Gasteiger charge is 2.27. The molecule has 2 N–H and O–H groups in total. The fourth-order valence-electron chi connectivity index (χ4n) is 3.15. The van der Waals surface area contributed by atoms with E-state index in [4.69, 9.17) is 5.11 Å². The zero-order valence-corrected chi connectivity index (χ0v) is 12.5. The van der Waals surface area contributed by atoms with Crippen molar-refractivity contribution in [2.24, 2.45) is 0 Å². The van der Waals surface area contributed by atoms with Gasteiger partial charge in [0.1, 0.15) is 0 Å². The minimum absolute atomic E-state index is 0.0352. The minimum atomic E-state index is -0.0840. The molecule has 1 unspecified atom stereocenters. The van der Waals surface area contributed by atoms with Crippen molar-refractivity contribution in [3.8, 4) is 11.1 Å². The molecule has 2 aromatic rings. The maximum absolute atomic E-state index is 12.0. The fraction of sp³-hybridized carbons (Fsp3) is 0.412. The first-order valence-corrected chi connectivity index (χ1v) is 7.77. The summed E-state index contributed by atoms with van der Waals surface area (Å²) in [5, 5.41) is 16.3. The third-order valence-electron chi connectivity index (χ3n) is 4.26. The molecule has 1 amide bonds. The smallest absolute Gasteiger partial charge is 0.224 e. The van der Waals surface area contributed by atoms with Crippen LogP contribution in [0.2, 0.25) is 0 Å². The molecule has 1 aliphatic heterocycles. The highest BCUT2D eigenvalue weighted by molar-refractivity contribution is 5.76. The number of amides is 1. The topological polar surface area (TPSA) is 69.2 Å². The summed E-state index contributed by atoms with van der Waals surface area (Å²) in [5.41, 5.74) is 3.36. The number of aliphatic hydroxyl groups excluding tert-OH is 1. The molecule has 3 rings (SSSR count). The van der Waals surface area contributed by atoms with E-state index in [1.807, 2.05) is 29.3 Å². The zero-order valence-electron chi connectivity index (χ0n) is 12.5. The summed E-state index contributed by atoms with van der Waals surface area (Å²) in [7, 11) is 0. The summed E-state index contributed by atoms with van der Waals surface area (Å²) in [4.78, 5) is 13.9. The summed E-state index contributed by atoms with van der Waals surface area (Å²) in [6.07, 6.45) is 4.10. The number of piperidine rings is 1. The van der Waals surface area contributed by atoms with Crippen LogP contribution < -0.4 is 0 Å². The van der Waals surface area contributed by atoms with Gasteiger partial charge in [-0.05, 0) is 18.4 Å². The van der Waals surface area contributed by atoms with E-state index >= 15 is 0 Å². The van der Waals surface area contributed by atoms with Gasteiger partial charge in [-0.1, -0.05) is 30.3 Å². The average molecular weight is 299 g/mol. The number of hydrogen-bond acceptors (Lipinski definition) is 3. The number of carbonyl (C=O) groups excluding carboxylic acids is 1. The van der Waals surface area contributed by atoms with Crippen molar-refractivity contribution in [1.29, 1.82) is 0 Å². The van der Waals surface area contributed by atoms with Crippen molar-refractivity contribution in [3.63, 3.8) is 0 Å². The van der Waals surface area contributed by atoms with E-state index < -0.39 is 0 Å². The molecule has 5 heteroatoms. The van der Waals surface area contributed by atoms with Crippen LogP contribution in [0.25, 0.3) is 11.1 Å². The number of aromatic amines is 1. The Labute approximate surface area is 130 Å². The standard InChI is InChI=1S/C17H21N3O2/c21-10-8-16(22)20-9-4-7-14(12-20)17-15(11-18-19-17)13-5-2-1-3-6-13/h1-3,5-6,11,14,21H,4,7-10,12H2,(H,18,19). The van der Waals surface area contributed by atoms with Crippen LogP contribution in [0, 0.1) is 0 Å². The van der Waals surface area contributed by atoms with Crippen molar-refractivity contribution in [2.75, 3.05) is 19.7 Å². The summed E-state index contributed by atoms with van der Waals surface area (Å²) in [5.74, 6) is 0.307. The molecule has 1 saturated heterocycles. The molecule has 0 spiro atoms. The van der Waals surface area contributed by atoms with E-state index in [0.29, 0.717) is 6.54 Å². The number of aliphatic hydroxyl groups is 1. The molecular formula is C17H21N3O2. The minimum Gasteiger partial charge on any atom is -0.396 e. The summed E-state index contributed by atoms with van der Waals surface area (Å²) >= 11 is 0. The number of likely N-dealkylation sites (tertiary alicyclic amines) is 1. The third kappa shape index (κ3) is 3.04. The van der Waals surface area contributed by atoms with E-state index in [2.05, 4.69) is 22.3 Å². The van der Waals surface area contributed by atoms with Gasteiger partial charge in [0.2, 0.25) is 5.91 Å². The van der Waals surface area contributed by atoms with Gasteiger partial charge in [0.25, 0.3) is 0 Å². The Morgan fingerprint density at radius 3 is 2.95 bits per heavy atom. The molecule has 5 nitrogen and oxygen atoms in total. The number of aromatic nitrogens is 2. The third-order valence-corrected chi connectivity index (χ3v) is 4.26. The molecule has 2 heterocycles. The first-order chi connectivity index (χ1) is 10.8. The van der Waals surface area contributed by atoms with Gasteiger partial charge >= 0.3 is 0 Å². The number of hydrogen-bond donors (Lipinski definition) is 2. The van der Waals surface area contributed by atoms with Crippen molar-refractivity contribution < 1.29 is 9.90 Å². The Hall–Kier alpha value is -2.14. The van der Waals surface area contributed by atoms with Crippen LogP contribution in [0.3, 0.4) is 0 Å². The van der Waals surface area contributed by atoms with Gasteiger partial charge in [-0.25, -0.2) is 0 Å². The molecular weight excluding hydrogens is 278 g/mol. The predicted molar refractivity (Wildman–Crippen MR) is 84.3 cm³/mol. The van der Waals surface area contributed by atoms with Crippen LogP contribution in [0.5, 0.6) is 0 Å². The number of carbonyl (C=O) groups is 1. The molecule has 1 aromatic heterocycles. The van der Waals surface area contributed by atoms with Crippen molar-refractivity contribution >= 4 is 5.91 Å². The Morgan fingerprint density at radius 2 is 2.18 bits per heavy atom. The van der Waals surface area contributed by atoms with E-state index in [1.165, 1.54) is 0 Å². The molecule has 116 valence electrons. The highest BCUT2D eigenvalue weighted by Crippen LogP contribution is 2.32. The molecule has 0 saturated carbocycles. The first-order valence-electron chi connectivity index (χ1n) is 7.77. The number of nitrogens with one attached hydrogen (secondary N) is 1. The normalized spacial score (nSPS) is 18.4. The maximum atomic E-state index is 12.0. The quantitative estimate of drug-likeness (QED) is 0.909. The summed E-state index contributed by atoms with van der Waals surface area (Å²) in [6.45, 7) is 1.39. The highest BCUT2D eigenvalue weighted by atomic mass is 16.3. The molecule has 0 bridgehead atoms. The van der Waals surface area contributed by atoms with Crippen molar-refractivity contribution in [2.45, 2.75) is 25.2 Å². The van der Waals surface area contributed by atoms with Gasteiger partial charge in [-0.2, -0.15) is 5.10 Å². The molecule has 1 fully saturated rings. The van der Waals surface area contributed by atoms with Gasteiger partial charge in [0, 0.05) is 36.7 Å². The second kappa shape index (κ2) is 6.75. The molecule has 22 heavy (non-hydrogen) atoms. The van der Waals surface area contributed by atoms with E-state index in [-0.39, 0.29) is 24.9 Å². The summed E-state index contributed by atoms with van der Waals surface area (Å²) < 4.78 is 0. The summed E-state index contributed by atoms with van der Waals surface area (Å²) in [6, 6.07) is 10.2. The monoisotopic (exact) mass is 299 g/mol. The van der Waals surface area contributed by atoms with Crippen LogP contribution in [0.4, 0.5) is 0 Å². The first kappa shape index (κ1) is 14.8. The predicted octanol–water partition coefficient (Wildman–Crippen LogP) is 2.17. The number of H-pyrrole nitrogens is 1. The number of rotatable bonds is 4. The average Bonchev–Trinajstić information content (AvgIpc) is 3.06. The van der Waals surface area contributed by atoms with Gasteiger partial charge in [-0.3, -0.25) is 9.89 Å². The van der Waals surface area contributed by atoms with Gasteiger partial charge in [-0.15, -0.1) is 0 Å². The fourth-order valence-corrected chi connectivity index (χ4v) is 3.15. The van der Waals surface area contributed by atoms with Crippen LogP contribution in [0.15, 0.2) is 36.5 Å². The second-order valence-electron chi connectivity index (χ2n) is 5.72. The SMILES string of the molecule is O=C(CCO)N1CCCC(c2[nH]ncc2-c2ccccc2)C1. The second-order valence-corrected chi connectivity index (χ2v) is 5.72. The Balaban J connectivity index is 1.80. The molecule has 0 aliphatic carbocycles. The van der Waals surface area contributed by atoms with E-state index in [0.717, 1.165) is 36.2 Å². The van der Waals surface area contributed by atoms with Crippen LogP contribution in [-0.2, 0) is 4.79 Å². The molecule has 1 atom stereocenters. The van der Waals surface area contributed by atoms with Gasteiger partial charge in [0.05, 0.1) is 12.8 Å². The van der Waals surface area contributed by atoms with E-state index in [1.54, 1.807) is 0 Å². The Kier molecular flexibility index (Phi) is 4.53. The van der Waals surface area contributed by atoms with Gasteiger partial charge in [0.15, 0.2) is 0 Å². The lowest BCUT2D eigenvalue weighted by Crippen LogP contribution is -2.39. The van der Waals surface area contributed by atoms with Gasteiger partial charge < -0.3 is 10.0 Å². The number of nitrogens with zero attached hydrogens (tertiary/aromatic N) is 2. The largest absolute Gasteiger partial charge is 0.396 e. The van der Waals surface area contributed by atoms with E-state index in [9.17, 15) is 4.79 Å². The number of benzene rings is 1. The molecule has 0 radical (unpaired) electrons. The zero-order chi connectivity index (χ0) is 15.4. The molecule has 1 aromatic carbocycles. The van der Waals surface area contributed by atoms with Crippen LogP contribution in [-0.4, -0.2) is 45.8 Å². The lowest BCUT2D eigenvalue weighted by Gasteiger charge is -2.32. The maximum Gasteiger partial charge on any atom is 0.224 e. The van der Waals surface area contributed by atoms with Crippen molar-refractivity contribution in [3.05, 3.63) is 42.2 Å². The Morgan fingerprint density at radius 1 is 1.36 bits per heavy atom. The lowest BCUT2D eigenvalue weighted by molar-refractivity contribution is -0.133. The Bertz CT molecular complexity index is 624. The van der Waals surface area contributed by atoms with Crippen molar-refractivity contribution in [1.82, 2.24) is 15.1 Å². The van der Waals surface area contributed by atoms with Crippen LogP contribution in [0.1, 0.15) is 30.9 Å². The lowest BCUT2D eigenvalue weighted by atomic mass is 9.90.